The monoisotopic (exact) mass is 366 g/mol. The predicted molar refractivity (Wildman–Crippen MR) is 109 cm³/mol. The Labute approximate surface area is 162 Å². The highest BCUT2D eigenvalue weighted by Gasteiger charge is 2.22. The van der Waals surface area contributed by atoms with E-state index < -0.39 is 0 Å². The van der Waals surface area contributed by atoms with Gasteiger partial charge in [-0.2, -0.15) is 0 Å². The van der Waals surface area contributed by atoms with Crippen LogP contribution in [0.2, 0.25) is 0 Å². The average molecular weight is 367 g/mol. The number of carbonyl (C=O) groups is 1. The van der Waals surface area contributed by atoms with Crippen LogP contribution in [0.15, 0.2) is 54.6 Å². The highest BCUT2D eigenvalue weighted by atomic mass is 16.5. The van der Waals surface area contributed by atoms with Crippen molar-refractivity contribution in [1.29, 1.82) is 0 Å². The van der Waals surface area contributed by atoms with Crippen molar-refractivity contribution >= 4 is 5.91 Å². The van der Waals surface area contributed by atoms with E-state index in [1.165, 1.54) is 31.2 Å². The highest BCUT2D eigenvalue weighted by molar-refractivity contribution is 5.78. The Bertz CT molecular complexity index is 692. The van der Waals surface area contributed by atoms with E-state index in [1.807, 2.05) is 42.5 Å². The molecule has 1 heterocycles. The highest BCUT2D eigenvalue weighted by Crippen LogP contribution is 2.25. The van der Waals surface area contributed by atoms with Crippen LogP contribution < -0.4 is 10.1 Å². The van der Waals surface area contributed by atoms with Gasteiger partial charge >= 0.3 is 0 Å². The Hall–Kier alpha value is -2.33. The van der Waals surface area contributed by atoms with E-state index >= 15 is 0 Å². The number of likely N-dealkylation sites (tertiary alicyclic amines) is 1. The molecule has 27 heavy (non-hydrogen) atoms. The summed E-state index contributed by atoms with van der Waals surface area (Å²) in [5, 5.41) is 3.16. The van der Waals surface area contributed by atoms with Crippen LogP contribution in [-0.2, 0) is 11.2 Å². The van der Waals surface area contributed by atoms with Gasteiger partial charge in [0.05, 0.1) is 19.6 Å². The molecule has 3 rings (SSSR count). The minimum absolute atomic E-state index is 0.0783. The second-order valence-electron chi connectivity index (χ2n) is 7.21. The zero-order valence-electron chi connectivity index (χ0n) is 16.2. The zero-order chi connectivity index (χ0) is 18.9. The molecule has 1 fully saturated rings. The number of amides is 1. The first-order valence-electron chi connectivity index (χ1n) is 9.95. The van der Waals surface area contributed by atoms with Crippen molar-refractivity contribution < 1.29 is 9.53 Å². The van der Waals surface area contributed by atoms with Crippen LogP contribution in [0.1, 0.15) is 42.9 Å². The Morgan fingerprint density at radius 3 is 2.30 bits per heavy atom. The summed E-state index contributed by atoms with van der Waals surface area (Å²) in [5.41, 5.74) is 2.28. The molecule has 0 saturated carbocycles. The summed E-state index contributed by atoms with van der Waals surface area (Å²) in [6, 6.07) is 18.4. The lowest BCUT2D eigenvalue weighted by atomic mass is 10.0. The summed E-state index contributed by atoms with van der Waals surface area (Å²) < 4.78 is 5.30. The van der Waals surface area contributed by atoms with Crippen molar-refractivity contribution in [1.82, 2.24) is 10.2 Å². The Kier molecular flexibility index (Phi) is 7.28. The second-order valence-corrected chi connectivity index (χ2v) is 7.21. The summed E-state index contributed by atoms with van der Waals surface area (Å²) in [6.45, 7) is 2.81. The number of methoxy groups -OCH3 is 1. The third kappa shape index (κ3) is 5.83. The van der Waals surface area contributed by atoms with E-state index in [0.717, 1.165) is 24.4 Å². The van der Waals surface area contributed by atoms with Crippen molar-refractivity contribution in [3.8, 4) is 5.75 Å². The first-order valence-corrected chi connectivity index (χ1v) is 9.95. The van der Waals surface area contributed by atoms with Crippen LogP contribution in [0.5, 0.6) is 5.75 Å². The van der Waals surface area contributed by atoms with Gasteiger partial charge < -0.3 is 10.1 Å². The van der Waals surface area contributed by atoms with Crippen LogP contribution in [-0.4, -0.2) is 37.6 Å². The van der Waals surface area contributed by atoms with E-state index in [2.05, 4.69) is 22.3 Å². The Morgan fingerprint density at radius 2 is 1.67 bits per heavy atom. The van der Waals surface area contributed by atoms with Gasteiger partial charge in [0.1, 0.15) is 5.75 Å². The van der Waals surface area contributed by atoms with Gasteiger partial charge in [0.25, 0.3) is 0 Å². The summed E-state index contributed by atoms with van der Waals surface area (Å²) in [7, 11) is 1.69. The maximum absolute atomic E-state index is 12.4. The molecule has 2 aromatic rings. The fourth-order valence-corrected chi connectivity index (χ4v) is 3.74. The molecular formula is C23H30N2O2. The molecule has 0 aromatic heterocycles. The number of rotatable bonds is 7. The maximum Gasteiger partial charge on any atom is 0.224 e. The van der Waals surface area contributed by atoms with E-state index in [-0.39, 0.29) is 11.9 Å². The van der Waals surface area contributed by atoms with E-state index in [1.54, 1.807) is 7.11 Å². The number of carbonyl (C=O) groups excluding carboxylic acids is 1. The molecule has 0 bridgehead atoms. The number of hydrogen-bond donors (Lipinski definition) is 1. The van der Waals surface area contributed by atoms with Crippen LogP contribution in [0.4, 0.5) is 0 Å². The molecule has 1 amide bonds. The van der Waals surface area contributed by atoms with Gasteiger partial charge in [-0.15, -0.1) is 0 Å². The largest absolute Gasteiger partial charge is 0.497 e. The first-order chi connectivity index (χ1) is 13.3. The molecule has 0 radical (unpaired) electrons. The normalized spacial score (nSPS) is 16.3. The lowest BCUT2D eigenvalue weighted by Crippen LogP contribution is -2.39. The SMILES string of the molecule is COc1ccc(C(CNC(=O)Cc2ccccc2)N2CCCCCC2)cc1. The number of hydrogen-bond acceptors (Lipinski definition) is 3. The van der Waals surface area contributed by atoms with E-state index in [4.69, 9.17) is 4.74 Å². The number of nitrogens with zero attached hydrogens (tertiary/aromatic N) is 1. The predicted octanol–water partition coefficient (Wildman–Crippen LogP) is 3.97. The molecule has 1 N–H and O–H groups in total. The molecule has 1 saturated heterocycles. The minimum Gasteiger partial charge on any atom is -0.497 e. The fourth-order valence-electron chi connectivity index (χ4n) is 3.74. The Balaban J connectivity index is 1.67. The molecule has 2 aromatic carbocycles. The lowest BCUT2D eigenvalue weighted by Gasteiger charge is -2.31. The van der Waals surface area contributed by atoms with Gasteiger partial charge in [0, 0.05) is 6.54 Å². The number of benzene rings is 2. The summed E-state index contributed by atoms with van der Waals surface area (Å²) in [6.07, 6.45) is 5.48. The van der Waals surface area contributed by atoms with Gasteiger partial charge in [0.2, 0.25) is 5.91 Å². The van der Waals surface area contributed by atoms with Crippen LogP contribution >= 0.6 is 0 Å². The van der Waals surface area contributed by atoms with Crippen molar-refractivity contribution in [3.63, 3.8) is 0 Å². The lowest BCUT2D eigenvalue weighted by molar-refractivity contribution is -0.120. The molecule has 4 heteroatoms. The number of ether oxygens (including phenoxy) is 1. The van der Waals surface area contributed by atoms with Gasteiger partial charge in [-0.25, -0.2) is 0 Å². The molecule has 0 aliphatic carbocycles. The molecule has 144 valence electrons. The first kappa shape index (κ1) is 19.4. The molecule has 1 atom stereocenters. The third-order valence-corrected chi connectivity index (χ3v) is 5.28. The third-order valence-electron chi connectivity index (χ3n) is 5.28. The van der Waals surface area contributed by atoms with Crippen molar-refractivity contribution in [2.45, 2.75) is 38.1 Å². The maximum atomic E-state index is 12.4. The topological polar surface area (TPSA) is 41.6 Å². The van der Waals surface area contributed by atoms with Crippen molar-refractivity contribution in [2.24, 2.45) is 0 Å². The molecule has 1 aliphatic rings. The molecule has 1 aliphatic heterocycles. The van der Waals surface area contributed by atoms with E-state index in [0.29, 0.717) is 13.0 Å². The molecule has 1 unspecified atom stereocenters. The van der Waals surface area contributed by atoms with Gasteiger partial charge in [-0.1, -0.05) is 55.3 Å². The van der Waals surface area contributed by atoms with Gasteiger partial charge in [-0.05, 0) is 49.2 Å². The summed E-state index contributed by atoms with van der Waals surface area (Å²) in [5.74, 6) is 0.941. The quantitative estimate of drug-likeness (QED) is 0.806. The van der Waals surface area contributed by atoms with E-state index in [9.17, 15) is 4.79 Å². The van der Waals surface area contributed by atoms with Crippen molar-refractivity contribution in [3.05, 3.63) is 65.7 Å². The summed E-state index contributed by atoms with van der Waals surface area (Å²) in [4.78, 5) is 15.0. The standard InChI is InChI=1S/C23H30N2O2/c1-27-21-13-11-20(12-14-21)22(25-15-7-2-3-8-16-25)18-24-23(26)17-19-9-5-4-6-10-19/h4-6,9-14,22H,2-3,7-8,15-18H2,1H3,(H,24,26). The van der Waals surface area contributed by atoms with Gasteiger partial charge in [0.15, 0.2) is 0 Å². The van der Waals surface area contributed by atoms with Crippen LogP contribution in [0, 0.1) is 0 Å². The van der Waals surface area contributed by atoms with Gasteiger partial charge in [-0.3, -0.25) is 9.69 Å². The second kappa shape index (κ2) is 10.1. The van der Waals surface area contributed by atoms with Crippen molar-refractivity contribution in [2.75, 3.05) is 26.7 Å². The molecular weight excluding hydrogens is 336 g/mol. The fraction of sp³-hybridized carbons (Fsp3) is 0.435. The zero-order valence-corrected chi connectivity index (χ0v) is 16.2. The number of nitrogens with one attached hydrogen (secondary N) is 1. The van der Waals surface area contributed by atoms with Crippen LogP contribution in [0.3, 0.4) is 0 Å². The van der Waals surface area contributed by atoms with Crippen LogP contribution in [0.25, 0.3) is 0 Å². The molecule has 0 spiro atoms. The smallest absolute Gasteiger partial charge is 0.224 e. The Morgan fingerprint density at radius 1 is 1.00 bits per heavy atom. The minimum atomic E-state index is 0.0783. The summed E-state index contributed by atoms with van der Waals surface area (Å²) >= 11 is 0. The molecule has 4 nitrogen and oxygen atoms in total. The average Bonchev–Trinajstić information content (AvgIpc) is 2.99.